The van der Waals surface area contributed by atoms with Crippen LogP contribution in [0, 0.1) is 45.8 Å². The fraction of sp³-hybridized carbons (Fsp3) is 0.821. The van der Waals surface area contributed by atoms with Gasteiger partial charge >= 0.3 is 5.97 Å². The molecule has 39 heavy (non-hydrogen) atoms. The predicted octanol–water partition coefficient (Wildman–Crippen LogP) is 0.806. The van der Waals surface area contributed by atoms with Crippen molar-refractivity contribution >= 4 is 27.6 Å². The van der Waals surface area contributed by atoms with E-state index in [4.69, 9.17) is 9.47 Å². The van der Waals surface area contributed by atoms with Crippen LogP contribution in [0.2, 0.25) is 0 Å². The number of nitrogens with zero attached hydrogens (tertiary/aromatic N) is 1. The molecule has 5 saturated carbocycles. The van der Waals surface area contributed by atoms with Gasteiger partial charge in [-0.3, -0.25) is 14.4 Å². The Labute approximate surface area is 228 Å². The third-order valence-electron chi connectivity index (χ3n) is 12.2. The van der Waals surface area contributed by atoms with Crippen molar-refractivity contribution < 1.29 is 42.5 Å². The molecule has 0 radical (unpaired) electrons. The fourth-order valence-corrected chi connectivity index (χ4v) is 11.5. The molecule has 3 saturated heterocycles. The minimum Gasteiger partial charge on any atom is -0.446 e. The van der Waals surface area contributed by atoms with Crippen molar-refractivity contribution in [2.45, 2.75) is 69.9 Å². The molecule has 0 aromatic heterocycles. The van der Waals surface area contributed by atoms with Crippen molar-refractivity contribution in [1.29, 1.82) is 0 Å². The van der Waals surface area contributed by atoms with Crippen molar-refractivity contribution in [3.05, 3.63) is 12.2 Å². The summed E-state index contributed by atoms with van der Waals surface area (Å²) < 4.78 is 37.1. The van der Waals surface area contributed by atoms with Crippen molar-refractivity contribution in [2.24, 2.45) is 45.8 Å². The number of fused-ring (bicyclic) bond motifs is 1. The van der Waals surface area contributed by atoms with Crippen LogP contribution in [0.25, 0.3) is 0 Å². The lowest BCUT2D eigenvalue weighted by atomic mass is 9.21. The molecule has 9 atom stereocenters. The summed E-state index contributed by atoms with van der Waals surface area (Å²) in [5.41, 5.74) is -4.17. The molecule has 5 aliphatic carbocycles. The second-order valence-electron chi connectivity index (χ2n) is 13.9. The molecule has 0 aromatic rings. The van der Waals surface area contributed by atoms with Crippen LogP contribution in [-0.4, -0.2) is 83.9 Å². The largest absolute Gasteiger partial charge is 0.446 e. The summed E-state index contributed by atoms with van der Waals surface area (Å²) in [6, 6.07) is 0. The standard InChI is InChI=1S/C28H37NO9S/c1-14-16-5-6-17-25-13-37-28(34,21(31)20(25)24(2,3)10-7-18(25)30)26(17)19(16)27(14,23(26)33)38-22(32)15-8-11-29(12-9-15)39(4,35)36/h15-17,19-21,31,34H,1,5-13H2,2-4H3. The Kier molecular flexibility index (Phi) is 4.98. The number of carbonyl (C=O) groups excluding carboxylic acids is 3. The number of hydrogen-bond donors (Lipinski definition) is 2. The number of carbonyl (C=O) groups is 3. The Morgan fingerprint density at radius 2 is 1.79 bits per heavy atom. The van der Waals surface area contributed by atoms with Crippen LogP contribution in [0.15, 0.2) is 12.2 Å². The second-order valence-corrected chi connectivity index (χ2v) is 15.9. The maximum Gasteiger partial charge on any atom is 0.310 e. The Morgan fingerprint density at radius 1 is 1.13 bits per heavy atom. The number of Topliss-reactive ketones (excluding diaryl/α,β-unsaturated/α-hetero) is 2. The summed E-state index contributed by atoms with van der Waals surface area (Å²) in [5.74, 6) is -5.74. The summed E-state index contributed by atoms with van der Waals surface area (Å²) in [6.07, 6.45) is 2.35. The van der Waals surface area contributed by atoms with E-state index in [1.165, 1.54) is 4.31 Å². The van der Waals surface area contributed by atoms with Crippen LogP contribution in [0.4, 0.5) is 0 Å². The predicted molar refractivity (Wildman–Crippen MR) is 135 cm³/mol. The van der Waals surface area contributed by atoms with E-state index in [0.29, 0.717) is 31.3 Å². The molecule has 2 N–H and O–H groups in total. The molecular weight excluding hydrogens is 526 g/mol. The third kappa shape index (κ3) is 2.60. The lowest BCUT2D eigenvalue weighted by molar-refractivity contribution is -0.465. The van der Waals surface area contributed by atoms with Crippen molar-refractivity contribution in [3.63, 3.8) is 0 Å². The molecule has 9 unspecified atom stereocenters. The van der Waals surface area contributed by atoms with Crippen LogP contribution in [0.3, 0.4) is 0 Å². The van der Waals surface area contributed by atoms with E-state index < -0.39 is 79.2 Å². The van der Waals surface area contributed by atoms with Crippen molar-refractivity contribution in [3.8, 4) is 0 Å². The van der Waals surface area contributed by atoms with Crippen molar-refractivity contribution in [2.75, 3.05) is 26.0 Å². The zero-order valence-electron chi connectivity index (χ0n) is 22.6. The van der Waals surface area contributed by atoms with Gasteiger partial charge < -0.3 is 19.7 Å². The van der Waals surface area contributed by atoms with Gasteiger partial charge in [0, 0.05) is 31.3 Å². The SMILES string of the molecule is C=C1C2CCC3C45COC(O)(C(O)C4C(C)(C)CCC5=O)C34C(=O)C1(OC(=O)C1CCN(S(C)(=O)=O)CC1)C24. The summed E-state index contributed by atoms with van der Waals surface area (Å²) in [7, 11) is -3.36. The highest BCUT2D eigenvalue weighted by molar-refractivity contribution is 7.88. The Morgan fingerprint density at radius 3 is 2.44 bits per heavy atom. The molecule has 8 aliphatic rings. The first kappa shape index (κ1) is 26.3. The number of rotatable bonds is 3. The number of esters is 1. The zero-order chi connectivity index (χ0) is 28.1. The van der Waals surface area contributed by atoms with Crippen LogP contribution in [0.5, 0.6) is 0 Å². The maximum absolute atomic E-state index is 14.5. The molecule has 0 amide bonds. The molecular formula is C28H37NO9S. The number of hydrogen-bond acceptors (Lipinski definition) is 9. The molecule has 8 rings (SSSR count). The van der Waals surface area contributed by atoms with E-state index in [-0.39, 0.29) is 44.2 Å². The van der Waals surface area contributed by atoms with Crippen molar-refractivity contribution in [1.82, 2.24) is 4.31 Å². The van der Waals surface area contributed by atoms with Crippen LogP contribution >= 0.6 is 0 Å². The van der Waals surface area contributed by atoms with Gasteiger partial charge in [-0.05, 0) is 54.9 Å². The lowest BCUT2D eigenvalue weighted by Gasteiger charge is -2.84. The Bertz CT molecular complexity index is 1330. The summed E-state index contributed by atoms with van der Waals surface area (Å²) in [5, 5.41) is 23.9. The quantitative estimate of drug-likeness (QED) is 0.376. The Hall–Kier alpha value is -1.66. The highest BCUT2D eigenvalue weighted by Gasteiger charge is 2.97. The number of aliphatic hydroxyl groups is 2. The zero-order valence-corrected chi connectivity index (χ0v) is 23.5. The average Bonchev–Trinajstić information content (AvgIpc) is 2.88. The Balaban J connectivity index is 1.25. The number of sulfonamides is 1. The smallest absolute Gasteiger partial charge is 0.310 e. The van der Waals surface area contributed by atoms with E-state index >= 15 is 0 Å². The van der Waals surface area contributed by atoms with Crippen LogP contribution < -0.4 is 0 Å². The van der Waals surface area contributed by atoms with Gasteiger partial charge in [0.1, 0.15) is 17.3 Å². The number of ether oxygens (including phenoxy) is 2. The maximum atomic E-state index is 14.5. The van der Waals surface area contributed by atoms with Crippen LogP contribution in [0.1, 0.15) is 52.4 Å². The highest BCUT2D eigenvalue weighted by atomic mass is 32.2. The second kappa shape index (κ2) is 7.40. The van der Waals surface area contributed by atoms with E-state index in [9.17, 15) is 33.0 Å². The molecule has 8 fully saturated rings. The minimum atomic E-state index is -3.36. The first-order chi connectivity index (χ1) is 18.1. The highest BCUT2D eigenvalue weighted by Crippen LogP contribution is 2.85. The summed E-state index contributed by atoms with van der Waals surface area (Å²) in [6.45, 7) is 8.52. The van der Waals surface area contributed by atoms with E-state index in [0.717, 1.165) is 6.26 Å². The van der Waals surface area contributed by atoms with E-state index in [1.807, 2.05) is 13.8 Å². The fourth-order valence-electron chi connectivity index (χ4n) is 10.6. The molecule has 2 spiro atoms. The molecule has 3 heterocycles. The number of aliphatic hydroxyl groups excluding tert-OH is 1. The van der Waals surface area contributed by atoms with Gasteiger partial charge in [-0.15, -0.1) is 0 Å². The van der Waals surface area contributed by atoms with Gasteiger partial charge in [0.15, 0.2) is 11.4 Å². The molecule has 11 heteroatoms. The van der Waals surface area contributed by atoms with Gasteiger partial charge in [-0.25, -0.2) is 12.7 Å². The molecule has 3 aliphatic heterocycles. The molecule has 214 valence electrons. The van der Waals surface area contributed by atoms with E-state index in [2.05, 4.69) is 6.58 Å². The third-order valence-corrected chi connectivity index (χ3v) is 13.5. The summed E-state index contributed by atoms with van der Waals surface area (Å²) >= 11 is 0. The molecule has 10 nitrogen and oxygen atoms in total. The monoisotopic (exact) mass is 563 g/mol. The molecule has 0 aromatic carbocycles. The minimum absolute atomic E-state index is 0.0199. The lowest BCUT2D eigenvalue weighted by Crippen LogP contribution is -2.97. The average molecular weight is 564 g/mol. The molecule has 2 bridgehead atoms. The summed E-state index contributed by atoms with van der Waals surface area (Å²) in [4.78, 5) is 41.7. The van der Waals surface area contributed by atoms with Gasteiger partial charge in [-0.2, -0.15) is 0 Å². The number of ketones is 2. The van der Waals surface area contributed by atoms with Gasteiger partial charge in [-0.1, -0.05) is 20.4 Å². The van der Waals surface area contributed by atoms with Gasteiger partial charge in [0.05, 0.1) is 24.2 Å². The first-order valence-corrected chi connectivity index (χ1v) is 16.0. The van der Waals surface area contributed by atoms with Crippen LogP contribution in [-0.2, 0) is 33.9 Å². The topological polar surface area (TPSA) is 148 Å². The first-order valence-electron chi connectivity index (χ1n) is 14.1. The van der Waals surface area contributed by atoms with Gasteiger partial charge in [0.25, 0.3) is 0 Å². The normalized spacial score (nSPS) is 50.3. The van der Waals surface area contributed by atoms with E-state index in [1.54, 1.807) is 0 Å². The van der Waals surface area contributed by atoms with Gasteiger partial charge in [0.2, 0.25) is 15.8 Å². The number of piperidine rings is 1.